The molecule has 0 spiro atoms. The summed E-state index contributed by atoms with van der Waals surface area (Å²) in [4.78, 5) is 16.1. The quantitative estimate of drug-likeness (QED) is 0.873. The molecule has 98 valence electrons. The molecule has 1 heterocycles. The molecule has 0 saturated carbocycles. The van der Waals surface area contributed by atoms with Gasteiger partial charge < -0.3 is 11.1 Å². The Morgan fingerprint density at radius 3 is 2.63 bits per heavy atom. The maximum Gasteiger partial charge on any atom is 0.241 e. The number of nitrogens with two attached hydrogens (primary N) is 1. The highest BCUT2D eigenvalue weighted by Gasteiger charge is 2.14. The summed E-state index contributed by atoms with van der Waals surface area (Å²) in [5, 5.41) is 2.81. The Kier molecular flexibility index (Phi) is 4.26. The van der Waals surface area contributed by atoms with Crippen molar-refractivity contribution >= 4 is 5.91 Å². The van der Waals surface area contributed by atoms with Crippen molar-refractivity contribution in [2.45, 2.75) is 19.5 Å². The van der Waals surface area contributed by atoms with Gasteiger partial charge in [0, 0.05) is 18.4 Å². The average molecular weight is 255 g/mol. The third kappa shape index (κ3) is 3.63. The Morgan fingerprint density at radius 2 is 2.00 bits per heavy atom. The number of nitrogens with one attached hydrogen (secondary N) is 1. The van der Waals surface area contributed by atoms with Crippen molar-refractivity contribution in [3.8, 4) is 0 Å². The van der Waals surface area contributed by atoms with Crippen LogP contribution in [0.5, 0.6) is 0 Å². The Balaban J connectivity index is 1.93. The fraction of sp³-hybridized carbons (Fsp3) is 0.200. The standard InChI is InChI=1S/C15H17N3O/c1-11-7-8-12(9-17-11)10-18-15(19)14(16)13-5-3-2-4-6-13/h2-9,14H,10,16H2,1H3,(H,18,19)/t14-/m0/s1. The topological polar surface area (TPSA) is 68.0 Å². The zero-order valence-electron chi connectivity index (χ0n) is 10.8. The van der Waals surface area contributed by atoms with E-state index in [1.807, 2.05) is 49.4 Å². The van der Waals surface area contributed by atoms with E-state index in [9.17, 15) is 4.79 Å². The number of aryl methyl sites for hydroxylation is 1. The van der Waals surface area contributed by atoms with E-state index >= 15 is 0 Å². The van der Waals surface area contributed by atoms with Crippen LogP contribution in [0.2, 0.25) is 0 Å². The van der Waals surface area contributed by atoms with Gasteiger partial charge in [0.15, 0.2) is 0 Å². The van der Waals surface area contributed by atoms with Crippen LogP contribution in [0.4, 0.5) is 0 Å². The Bertz CT molecular complexity index is 537. The molecular weight excluding hydrogens is 238 g/mol. The third-order valence-corrected chi connectivity index (χ3v) is 2.88. The van der Waals surface area contributed by atoms with Crippen LogP contribution in [0.25, 0.3) is 0 Å². The fourth-order valence-electron chi connectivity index (χ4n) is 1.71. The predicted molar refractivity (Wildman–Crippen MR) is 74.2 cm³/mol. The van der Waals surface area contributed by atoms with Crippen LogP contribution < -0.4 is 11.1 Å². The number of hydrogen-bond donors (Lipinski definition) is 2. The first-order valence-corrected chi connectivity index (χ1v) is 6.16. The van der Waals surface area contributed by atoms with Gasteiger partial charge >= 0.3 is 0 Å². The molecule has 0 saturated heterocycles. The summed E-state index contributed by atoms with van der Waals surface area (Å²) in [7, 11) is 0. The fourth-order valence-corrected chi connectivity index (χ4v) is 1.71. The van der Waals surface area contributed by atoms with Gasteiger partial charge in [0.1, 0.15) is 6.04 Å². The number of amides is 1. The lowest BCUT2D eigenvalue weighted by atomic mass is 10.1. The number of rotatable bonds is 4. The summed E-state index contributed by atoms with van der Waals surface area (Å²) in [6.07, 6.45) is 1.75. The van der Waals surface area contributed by atoms with Crippen LogP contribution in [0.15, 0.2) is 48.7 Å². The molecule has 0 bridgehead atoms. The van der Waals surface area contributed by atoms with E-state index in [1.54, 1.807) is 6.20 Å². The molecule has 1 atom stereocenters. The molecule has 2 rings (SSSR count). The van der Waals surface area contributed by atoms with Crippen molar-refractivity contribution in [2.75, 3.05) is 0 Å². The molecule has 4 nitrogen and oxygen atoms in total. The number of nitrogens with zero attached hydrogens (tertiary/aromatic N) is 1. The lowest BCUT2D eigenvalue weighted by Crippen LogP contribution is -2.33. The second-order valence-corrected chi connectivity index (χ2v) is 4.41. The highest BCUT2D eigenvalue weighted by Crippen LogP contribution is 2.09. The van der Waals surface area contributed by atoms with E-state index in [4.69, 9.17) is 5.73 Å². The van der Waals surface area contributed by atoms with Gasteiger partial charge in [-0.1, -0.05) is 36.4 Å². The van der Waals surface area contributed by atoms with Crippen LogP contribution in [-0.2, 0) is 11.3 Å². The number of aromatic nitrogens is 1. The number of benzene rings is 1. The van der Waals surface area contributed by atoms with Gasteiger partial charge in [-0.05, 0) is 24.1 Å². The molecule has 0 fully saturated rings. The second kappa shape index (κ2) is 6.11. The lowest BCUT2D eigenvalue weighted by Gasteiger charge is -2.12. The Morgan fingerprint density at radius 1 is 1.26 bits per heavy atom. The maximum atomic E-state index is 11.9. The zero-order chi connectivity index (χ0) is 13.7. The van der Waals surface area contributed by atoms with Crippen molar-refractivity contribution in [1.82, 2.24) is 10.3 Å². The van der Waals surface area contributed by atoms with Gasteiger partial charge in [0.2, 0.25) is 5.91 Å². The number of carbonyl (C=O) groups excluding carboxylic acids is 1. The van der Waals surface area contributed by atoms with E-state index in [0.717, 1.165) is 16.8 Å². The van der Waals surface area contributed by atoms with Crippen molar-refractivity contribution < 1.29 is 4.79 Å². The van der Waals surface area contributed by atoms with Crippen LogP contribution in [0.3, 0.4) is 0 Å². The van der Waals surface area contributed by atoms with E-state index in [2.05, 4.69) is 10.3 Å². The molecule has 1 aromatic heterocycles. The van der Waals surface area contributed by atoms with Gasteiger partial charge in [0.05, 0.1) is 0 Å². The third-order valence-electron chi connectivity index (χ3n) is 2.88. The summed E-state index contributed by atoms with van der Waals surface area (Å²) < 4.78 is 0. The highest BCUT2D eigenvalue weighted by atomic mass is 16.2. The molecule has 2 aromatic rings. The molecule has 0 aliphatic carbocycles. The number of pyridine rings is 1. The van der Waals surface area contributed by atoms with E-state index < -0.39 is 6.04 Å². The normalized spacial score (nSPS) is 11.9. The van der Waals surface area contributed by atoms with Crippen LogP contribution in [-0.4, -0.2) is 10.9 Å². The van der Waals surface area contributed by atoms with E-state index in [1.165, 1.54) is 0 Å². The summed E-state index contributed by atoms with van der Waals surface area (Å²) in [6.45, 7) is 2.36. The molecule has 4 heteroatoms. The second-order valence-electron chi connectivity index (χ2n) is 4.41. The van der Waals surface area contributed by atoms with Crippen molar-refractivity contribution in [3.05, 3.63) is 65.5 Å². The summed E-state index contributed by atoms with van der Waals surface area (Å²) in [5.41, 5.74) is 8.62. The number of carbonyl (C=O) groups is 1. The molecule has 0 radical (unpaired) electrons. The first-order valence-electron chi connectivity index (χ1n) is 6.16. The molecule has 19 heavy (non-hydrogen) atoms. The minimum absolute atomic E-state index is 0.188. The van der Waals surface area contributed by atoms with Gasteiger partial charge in [-0.3, -0.25) is 9.78 Å². The van der Waals surface area contributed by atoms with Gasteiger partial charge in [0.25, 0.3) is 0 Å². The van der Waals surface area contributed by atoms with Gasteiger partial charge in [-0.15, -0.1) is 0 Å². The molecule has 1 amide bonds. The lowest BCUT2D eigenvalue weighted by molar-refractivity contribution is -0.122. The molecule has 0 aliphatic rings. The van der Waals surface area contributed by atoms with E-state index in [0.29, 0.717) is 6.54 Å². The largest absolute Gasteiger partial charge is 0.350 e. The van der Waals surface area contributed by atoms with Gasteiger partial charge in [-0.2, -0.15) is 0 Å². The number of hydrogen-bond acceptors (Lipinski definition) is 3. The highest BCUT2D eigenvalue weighted by molar-refractivity contribution is 5.82. The molecular formula is C15H17N3O. The minimum Gasteiger partial charge on any atom is -0.350 e. The van der Waals surface area contributed by atoms with Gasteiger partial charge in [-0.25, -0.2) is 0 Å². The van der Waals surface area contributed by atoms with Crippen molar-refractivity contribution in [3.63, 3.8) is 0 Å². The summed E-state index contributed by atoms with van der Waals surface area (Å²) in [5.74, 6) is -0.188. The maximum absolute atomic E-state index is 11.9. The Hall–Kier alpha value is -2.20. The minimum atomic E-state index is -0.639. The molecule has 3 N–H and O–H groups in total. The zero-order valence-corrected chi connectivity index (χ0v) is 10.8. The summed E-state index contributed by atoms with van der Waals surface area (Å²) in [6, 6.07) is 12.5. The van der Waals surface area contributed by atoms with Crippen molar-refractivity contribution in [2.24, 2.45) is 5.73 Å². The molecule has 0 aliphatic heterocycles. The first kappa shape index (κ1) is 13.2. The average Bonchev–Trinajstić information content (AvgIpc) is 2.46. The van der Waals surface area contributed by atoms with Crippen LogP contribution >= 0.6 is 0 Å². The monoisotopic (exact) mass is 255 g/mol. The summed E-state index contributed by atoms with van der Waals surface area (Å²) >= 11 is 0. The van der Waals surface area contributed by atoms with E-state index in [-0.39, 0.29) is 5.91 Å². The Labute approximate surface area is 112 Å². The van der Waals surface area contributed by atoms with Crippen molar-refractivity contribution in [1.29, 1.82) is 0 Å². The predicted octanol–water partition coefficient (Wildman–Crippen LogP) is 1.71. The molecule has 1 aromatic carbocycles. The first-order chi connectivity index (χ1) is 9.16. The van der Waals surface area contributed by atoms with Crippen LogP contribution in [0.1, 0.15) is 22.9 Å². The van der Waals surface area contributed by atoms with Crippen LogP contribution in [0, 0.1) is 6.92 Å². The smallest absolute Gasteiger partial charge is 0.241 e. The SMILES string of the molecule is Cc1ccc(CNC(=O)[C@@H](N)c2ccccc2)cn1. The molecule has 0 unspecified atom stereocenters.